The number of thiophene rings is 1. The fraction of sp³-hybridized carbons (Fsp3) is 0.773. The number of rotatable bonds is 6. The first-order valence-corrected chi connectivity index (χ1v) is 11.7. The van der Waals surface area contributed by atoms with Crippen LogP contribution in [0.5, 0.6) is 0 Å². The number of hydrogen-bond acceptors (Lipinski definition) is 4. The van der Waals surface area contributed by atoms with Gasteiger partial charge in [-0.3, -0.25) is 9.89 Å². The van der Waals surface area contributed by atoms with Crippen LogP contribution < -0.4 is 10.6 Å². The Balaban J connectivity index is 0.00000300. The molecule has 1 aromatic rings. The van der Waals surface area contributed by atoms with Gasteiger partial charge in [0, 0.05) is 37.5 Å². The minimum absolute atomic E-state index is 0. The second-order valence-electron chi connectivity index (χ2n) is 9.17. The monoisotopic (exact) mass is 534 g/mol. The zero-order valence-corrected chi connectivity index (χ0v) is 21.6. The lowest BCUT2D eigenvalue weighted by Gasteiger charge is -2.40. The van der Waals surface area contributed by atoms with Gasteiger partial charge in [0.05, 0.1) is 12.1 Å². The molecule has 166 valence electrons. The molecule has 5 nitrogen and oxygen atoms in total. The van der Waals surface area contributed by atoms with E-state index in [4.69, 9.17) is 4.74 Å². The second kappa shape index (κ2) is 11.9. The summed E-state index contributed by atoms with van der Waals surface area (Å²) in [7, 11) is 1.87. The molecular formula is C22H39IN4OS. The van der Waals surface area contributed by atoms with E-state index in [9.17, 15) is 0 Å². The van der Waals surface area contributed by atoms with Crippen molar-refractivity contribution in [1.82, 2.24) is 15.5 Å². The van der Waals surface area contributed by atoms with E-state index in [1.54, 1.807) is 0 Å². The van der Waals surface area contributed by atoms with Crippen molar-refractivity contribution in [2.24, 2.45) is 16.3 Å². The minimum Gasteiger partial charge on any atom is -0.377 e. The van der Waals surface area contributed by atoms with Crippen LogP contribution in [0.15, 0.2) is 22.5 Å². The lowest BCUT2D eigenvalue weighted by atomic mass is 9.78. The van der Waals surface area contributed by atoms with Crippen molar-refractivity contribution >= 4 is 41.3 Å². The van der Waals surface area contributed by atoms with Crippen molar-refractivity contribution in [3.05, 3.63) is 22.4 Å². The second-order valence-corrected chi connectivity index (χ2v) is 10.1. The van der Waals surface area contributed by atoms with Crippen LogP contribution in [0, 0.1) is 11.3 Å². The van der Waals surface area contributed by atoms with Gasteiger partial charge in [-0.1, -0.05) is 26.8 Å². The molecule has 0 radical (unpaired) electrons. The van der Waals surface area contributed by atoms with Crippen LogP contribution in [0.1, 0.15) is 57.4 Å². The van der Waals surface area contributed by atoms with E-state index in [-0.39, 0.29) is 29.4 Å². The van der Waals surface area contributed by atoms with Crippen molar-refractivity contribution in [2.45, 2.75) is 58.6 Å². The molecule has 3 atom stereocenters. The highest BCUT2D eigenvalue weighted by Gasteiger charge is 2.35. The quantitative estimate of drug-likeness (QED) is 0.321. The summed E-state index contributed by atoms with van der Waals surface area (Å²) in [5.41, 5.74) is 0.170. The fourth-order valence-electron chi connectivity index (χ4n) is 4.59. The summed E-state index contributed by atoms with van der Waals surface area (Å²) in [4.78, 5) is 8.53. The van der Waals surface area contributed by atoms with Gasteiger partial charge < -0.3 is 15.4 Å². The minimum atomic E-state index is 0. The van der Waals surface area contributed by atoms with Crippen LogP contribution in [0.2, 0.25) is 0 Å². The van der Waals surface area contributed by atoms with Gasteiger partial charge in [0.2, 0.25) is 0 Å². The Morgan fingerprint density at radius 3 is 2.66 bits per heavy atom. The topological polar surface area (TPSA) is 48.9 Å². The molecule has 2 aliphatic heterocycles. The first-order valence-electron chi connectivity index (χ1n) is 10.8. The standard InChI is InChI=1S/C22H38N4OS.HI/c1-22(2,3)20-17(9-7-13-27-20)15-24-21(23-4)25-16-18(19-10-8-14-28-19)26-11-5-6-12-26;/h8,10,14,17-18,20H,5-7,9,11-13,15-16H2,1-4H3,(H2,23,24,25);1H. The van der Waals surface area contributed by atoms with E-state index in [1.165, 1.54) is 37.2 Å². The largest absolute Gasteiger partial charge is 0.377 e. The van der Waals surface area contributed by atoms with Crippen LogP contribution in [-0.4, -0.2) is 56.8 Å². The summed E-state index contributed by atoms with van der Waals surface area (Å²) in [6.45, 7) is 11.9. The molecule has 2 N–H and O–H groups in total. The Morgan fingerprint density at radius 2 is 2.03 bits per heavy atom. The molecule has 7 heteroatoms. The molecule has 0 bridgehead atoms. The van der Waals surface area contributed by atoms with Gasteiger partial charge >= 0.3 is 0 Å². The zero-order valence-electron chi connectivity index (χ0n) is 18.4. The molecule has 3 heterocycles. The molecule has 2 aliphatic rings. The van der Waals surface area contributed by atoms with Crippen molar-refractivity contribution in [1.29, 1.82) is 0 Å². The van der Waals surface area contributed by atoms with Crippen molar-refractivity contribution in [3.63, 3.8) is 0 Å². The lowest BCUT2D eigenvalue weighted by molar-refractivity contribution is -0.0835. The van der Waals surface area contributed by atoms with Crippen LogP contribution in [0.25, 0.3) is 0 Å². The number of likely N-dealkylation sites (tertiary alicyclic amines) is 1. The molecule has 29 heavy (non-hydrogen) atoms. The van der Waals surface area contributed by atoms with Gasteiger partial charge in [0.1, 0.15) is 0 Å². The number of ether oxygens (including phenoxy) is 1. The summed E-state index contributed by atoms with van der Waals surface area (Å²) in [6, 6.07) is 4.85. The summed E-state index contributed by atoms with van der Waals surface area (Å²) in [6.07, 6.45) is 5.29. The van der Waals surface area contributed by atoms with Gasteiger partial charge in [-0.15, -0.1) is 35.3 Å². The molecule has 0 spiro atoms. The fourth-order valence-corrected chi connectivity index (χ4v) is 5.46. The Kier molecular flexibility index (Phi) is 10.2. The Hall–Kier alpha value is -0.380. The number of aliphatic imine (C=N–C) groups is 1. The van der Waals surface area contributed by atoms with E-state index in [1.807, 2.05) is 18.4 Å². The summed E-state index contributed by atoms with van der Waals surface area (Å²) in [5, 5.41) is 9.35. The van der Waals surface area contributed by atoms with Crippen LogP contribution >= 0.6 is 35.3 Å². The third kappa shape index (κ3) is 7.08. The Morgan fingerprint density at radius 1 is 1.28 bits per heavy atom. The zero-order chi connectivity index (χ0) is 20.0. The maximum atomic E-state index is 6.13. The third-order valence-corrected chi connectivity index (χ3v) is 6.94. The molecule has 0 amide bonds. The summed E-state index contributed by atoms with van der Waals surface area (Å²) < 4.78 is 6.13. The molecule has 1 aromatic heterocycles. The van der Waals surface area contributed by atoms with Gasteiger partial charge in [-0.05, 0) is 55.6 Å². The molecule has 3 unspecified atom stereocenters. The number of guanidine groups is 1. The predicted molar refractivity (Wildman–Crippen MR) is 135 cm³/mol. The van der Waals surface area contributed by atoms with E-state index in [2.05, 4.69) is 58.8 Å². The summed E-state index contributed by atoms with van der Waals surface area (Å²) in [5.74, 6) is 1.43. The Labute approximate surface area is 198 Å². The van der Waals surface area contributed by atoms with E-state index >= 15 is 0 Å². The van der Waals surface area contributed by atoms with Gasteiger partial charge in [0.25, 0.3) is 0 Å². The van der Waals surface area contributed by atoms with E-state index in [0.717, 1.165) is 32.1 Å². The number of nitrogens with one attached hydrogen (secondary N) is 2. The maximum absolute atomic E-state index is 6.13. The molecule has 3 rings (SSSR count). The smallest absolute Gasteiger partial charge is 0.191 e. The maximum Gasteiger partial charge on any atom is 0.191 e. The highest BCUT2D eigenvalue weighted by molar-refractivity contribution is 14.0. The van der Waals surface area contributed by atoms with Crippen LogP contribution in [0.4, 0.5) is 0 Å². The van der Waals surface area contributed by atoms with E-state index < -0.39 is 0 Å². The van der Waals surface area contributed by atoms with Crippen LogP contribution in [0.3, 0.4) is 0 Å². The molecule has 0 aliphatic carbocycles. The molecule has 0 aromatic carbocycles. The normalized spacial score (nSPS) is 24.8. The summed E-state index contributed by atoms with van der Waals surface area (Å²) >= 11 is 1.86. The first-order chi connectivity index (χ1) is 13.5. The lowest BCUT2D eigenvalue weighted by Crippen LogP contribution is -2.48. The average molecular weight is 535 g/mol. The van der Waals surface area contributed by atoms with Crippen LogP contribution in [-0.2, 0) is 4.74 Å². The molecular weight excluding hydrogens is 495 g/mol. The molecule has 2 saturated heterocycles. The predicted octanol–water partition coefficient (Wildman–Crippen LogP) is 4.51. The molecule has 2 fully saturated rings. The van der Waals surface area contributed by atoms with Crippen molar-refractivity contribution in [3.8, 4) is 0 Å². The molecule has 0 saturated carbocycles. The third-order valence-electron chi connectivity index (χ3n) is 5.97. The number of halogens is 1. The average Bonchev–Trinajstić information content (AvgIpc) is 3.38. The number of nitrogens with zero attached hydrogens (tertiary/aromatic N) is 2. The highest BCUT2D eigenvalue weighted by atomic mass is 127. The Bertz CT molecular complexity index is 611. The number of hydrogen-bond donors (Lipinski definition) is 2. The first kappa shape index (κ1) is 24.9. The van der Waals surface area contributed by atoms with Gasteiger partial charge in [0.15, 0.2) is 5.96 Å². The SMILES string of the molecule is CN=C(NCC1CCCOC1C(C)(C)C)NCC(c1cccs1)N1CCCC1.I. The van der Waals surface area contributed by atoms with Crippen molar-refractivity contribution in [2.75, 3.05) is 39.8 Å². The van der Waals surface area contributed by atoms with Gasteiger partial charge in [-0.25, -0.2) is 0 Å². The highest BCUT2D eigenvalue weighted by Crippen LogP contribution is 2.33. The van der Waals surface area contributed by atoms with E-state index in [0.29, 0.717) is 18.1 Å². The van der Waals surface area contributed by atoms with Crippen molar-refractivity contribution < 1.29 is 4.74 Å². The van der Waals surface area contributed by atoms with Gasteiger partial charge in [-0.2, -0.15) is 0 Å².